The van der Waals surface area contributed by atoms with Crippen LogP contribution in [-0.4, -0.2) is 42.1 Å². The molecule has 1 fully saturated rings. The summed E-state index contributed by atoms with van der Waals surface area (Å²) in [5.41, 5.74) is -1.67. The van der Waals surface area contributed by atoms with Crippen LogP contribution >= 0.6 is 0 Å². The Hall–Kier alpha value is -2.78. The summed E-state index contributed by atoms with van der Waals surface area (Å²) in [6, 6.07) is 3.87. The minimum absolute atomic E-state index is 0.0383. The van der Waals surface area contributed by atoms with Crippen LogP contribution in [0.5, 0.6) is 0 Å². The maximum atomic E-state index is 12.7. The van der Waals surface area contributed by atoms with Gasteiger partial charge in [0.15, 0.2) is 0 Å². The number of hydrogen-bond donors (Lipinski definition) is 3. The fourth-order valence-electron chi connectivity index (χ4n) is 3.23. The topological polar surface area (TPSA) is 96.5 Å². The Labute approximate surface area is 179 Å². The third-order valence-corrected chi connectivity index (χ3v) is 4.67. The normalized spacial score (nSPS) is 19.3. The van der Waals surface area contributed by atoms with Crippen LogP contribution in [0.4, 0.5) is 18.0 Å². The molecule has 0 radical (unpaired) electrons. The van der Waals surface area contributed by atoms with Crippen molar-refractivity contribution >= 4 is 17.9 Å². The summed E-state index contributed by atoms with van der Waals surface area (Å²) in [7, 11) is 0. The zero-order valence-corrected chi connectivity index (χ0v) is 17.8. The van der Waals surface area contributed by atoms with Crippen LogP contribution in [0, 0.1) is 0 Å². The average molecular weight is 443 g/mol. The highest BCUT2D eigenvalue weighted by molar-refractivity contribution is 5.96. The highest BCUT2D eigenvalue weighted by atomic mass is 19.4. The van der Waals surface area contributed by atoms with E-state index in [1.54, 1.807) is 20.8 Å². The molecular weight excluding hydrogens is 415 g/mol. The van der Waals surface area contributed by atoms with Crippen molar-refractivity contribution in [2.45, 2.75) is 70.3 Å². The van der Waals surface area contributed by atoms with Gasteiger partial charge in [-0.25, -0.2) is 4.79 Å². The van der Waals surface area contributed by atoms with E-state index in [1.807, 2.05) is 0 Å². The number of halogens is 3. The predicted molar refractivity (Wildman–Crippen MR) is 107 cm³/mol. The minimum Gasteiger partial charge on any atom is -0.444 e. The van der Waals surface area contributed by atoms with E-state index in [4.69, 9.17) is 4.74 Å². The van der Waals surface area contributed by atoms with E-state index in [0.29, 0.717) is 25.7 Å². The largest absolute Gasteiger partial charge is 0.444 e. The van der Waals surface area contributed by atoms with E-state index in [9.17, 15) is 27.6 Å². The van der Waals surface area contributed by atoms with Gasteiger partial charge in [0.1, 0.15) is 5.60 Å². The summed E-state index contributed by atoms with van der Waals surface area (Å²) in [4.78, 5) is 36.0. The zero-order chi connectivity index (χ0) is 23.2. The fraction of sp³-hybridized carbons (Fsp3) is 0.571. The molecule has 1 aromatic rings. The van der Waals surface area contributed by atoms with Crippen LogP contribution in [0.25, 0.3) is 0 Å². The molecule has 1 aliphatic carbocycles. The third-order valence-electron chi connectivity index (χ3n) is 4.67. The second kappa shape index (κ2) is 10.0. The summed E-state index contributed by atoms with van der Waals surface area (Å²) in [6.07, 6.45) is -2.40. The Balaban J connectivity index is 1.73. The number of carbonyl (C=O) groups is 3. The zero-order valence-electron chi connectivity index (χ0n) is 17.8. The molecule has 172 valence electrons. The number of ether oxygens (including phenoxy) is 1. The van der Waals surface area contributed by atoms with Crippen molar-refractivity contribution < 1.29 is 32.3 Å². The van der Waals surface area contributed by atoms with E-state index < -0.39 is 35.2 Å². The number of alkyl carbamates (subject to hydrolysis) is 1. The van der Waals surface area contributed by atoms with Crippen molar-refractivity contribution in [2.24, 2.45) is 0 Å². The maximum absolute atomic E-state index is 12.7. The summed E-state index contributed by atoms with van der Waals surface area (Å²) in [5.74, 6) is -1.18. The molecule has 0 atom stereocenters. The summed E-state index contributed by atoms with van der Waals surface area (Å²) >= 11 is 0. The lowest BCUT2D eigenvalue weighted by Gasteiger charge is -2.30. The molecule has 31 heavy (non-hydrogen) atoms. The number of hydrogen-bond acceptors (Lipinski definition) is 4. The second-order valence-corrected chi connectivity index (χ2v) is 8.52. The Morgan fingerprint density at radius 1 is 1.00 bits per heavy atom. The Bertz CT molecular complexity index is 798. The van der Waals surface area contributed by atoms with Gasteiger partial charge < -0.3 is 20.7 Å². The van der Waals surface area contributed by atoms with Crippen molar-refractivity contribution in [1.29, 1.82) is 0 Å². The van der Waals surface area contributed by atoms with Crippen molar-refractivity contribution in [3.63, 3.8) is 0 Å². The molecule has 0 heterocycles. The maximum Gasteiger partial charge on any atom is 0.416 e. The van der Waals surface area contributed by atoms with Crippen molar-refractivity contribution in [3.8, 4) is 0 Å². The molecule has 0 aromatic heterocycles. The fourth-order valence-corrected chi connectivity index (χ4v) is 3.23. The minimum atomic E-state index is -4.55. The van der Waals surface area contributed by atoms with Gasteiger partial charge in [0, 0.05) is 17.6 Å². The molecule has 0 spiro atoms. The van der Waals surface area contributed by atoms with E-state index in [0.717, 1.165) is 18.2 Å². The monoisotopic (exact) mass is 443 g/mol. The smallest absolute Gasteiger partial charge is 0.416 e. The van der Waals surface area contributed by atoms with Crippen molar-refractivity contribution in [1.82, 2.24) is 16.0 Å². The first-order valence-corrected chi connectivity index (χ1v) is 10.1. The lowest BCUT2D eigenvalue weighted by Crippen LogP contribution is -2.47. The molecule has 1 saturated carbocycles. The quantitative estimate of drug-likeness (QED) is 0.650. The molecule has 7 nitrogen and oxygen atoms in total. The summed E-state index contributed by atoms with van der Waals surface area (Å²) in [5, 5.41) is 7.94. The molecule has 0 bridgehead atoms. The third kappa shape index (κ3) is 8.47. The molecule has 10 heteroatoms. The number of nitrogens with one attached hydrogen (secondary N) is 3. The standard InChI is InChI=1S/C21H28F3N3O4/c1-20(2,3)31-19(30)27-16-9-7-15(8-10-16)26-17(28)12-25-18(29)13-5-4-6-14(11-13)21(22,23)24/h4-6,11,15-16H,7-10,12H2,1-3H3,(H,25,29)(H,26,28)(H,27,30)/t15-,16+. The molecule has 0 aliphatic heterocycles. The van der Waals surface area contributed by atoms with Gasteiger partial charge >= 0.3 is 12.3 Å². The van der Waals surface area contributed by atoms with E-state index in [-0.39, 0.29) is 24.2 Å². The second-order valence-electron chi connectivity index (χ2n) is 8.52. The Kier molecular flexibility index (Phi) is 7.91. The lowest BCUT2D eigenvalue weighted by molar-refractivity contribution is -0.137. The first-order chi connectivity index (χ1) is 14.3. The number of alkyl halides is 3. The average Bonchev–Trinajstić information content (AvgIpc) is 2.65. The van der Waals surface area contributed by atoms with Crippen LogP contribution in [0.1, 0.15) is 62.4 Å². The van der Waals surface area contributed by atoms with E-state index >= 15 is 0 Å². The molecule has 0 saturated heterocycles. The number of benzene rings is 1. The molecule has 0 unspecified atom stereocenters. The molecule has 3 amide bonds. The van der Waals surface area contributed by atoms with Crippen LogP contribution in [0.2, 0.25) is 0 Å². The first kappa shape index (κ1) is 24.5. The highest BCUT2D eigenvalue weighted by Crippen LogP contribution is 2.29. The number of rotatable bonds is 5. The van der Waals surface area contributed by atoms with Crippen LogP contribution in [-0.2, 0) is 15.7 Å². The Morgan fingerprint density at radius 3 is 2.13 bits per heavy atom. The molecule has 1 aliphatic rings. The summed E-state index contributed by atoms with van der Waals surface area (Å²) in [6.45, 7) is 5.01. The lowest BCUT2D eigenvalue weighted by atomic mass is 9.91. The van der Waals surface area contributed by atoms with Gasteiger partial charge in [0.25, 0.3) is 5.91 Å². The number of amides is 3. The van der Waals surface area contributed by atoms with E-state index in [2.05, 4.69) is 16.0 Å². The van der Waals surface area contributed by atoms with Gasteiger partial charge in [0.05, 0.1) is 12.1 Å². The van der Waals surface area contributed by atoms with Crippen molar-refractivity contribution in [2.75, 3.05) is 6.54 Å². The number of carbonyl (C=O) groups excluding carboxylic acids is 3. The highest BCUT2D eigenvalue weighted by Gasteiger charge is 2.31. The van der Waals surface area contributed by atoms with Crippen LogP contribution < -0.4 is 16.0 Å². The SMILES string of the molecule is CC(C)(C)OC(=O)N[C@H]1CC[C@@H](NC(=O)CNC(=O)c2cccc(C(F)(F)F)c2)CC1. The first-order valence-electron chi connectivity index (χ1n) is 10.1. The van der Waals surface area contributed by atoms with E-state index in [1.165, 1.54) is 6.07 Å². The van der Waals surface area contributed by atoms with Gasteiger partial charge in [0.2, 0.25) is 5.91 Å². The molecule has 3 N–H and O–H groups in total. The molecule has 2 rings (SSSR count). The summed E-state index contributed by atoms with van der Waals surface area (Å²) < 4.78 is 43.5. The van der Waals surface area contributed by atoms with Crippen LogP contribution in [0.3, 0.4) is 0 Å². The van der Waals surface area contributed by atoms with Crippen LogP contribution in [0.15, 0.2) is 24.3 Å². The Morgan fingerprint density at radius 2 is 1.58 bits per heavy atom. The van der Waals surface area contributed by atoms with Gasteiger partial charge in [-0.15, -0.1) is 0 Å². The molecular formula is C21H28F3N3O4. The van der Waals surface area contributed by atoms with Gasteiger partial charge in [-0.1, -0.05) is 6.07 Å². The van der Waals surface area contributed by atoms with Crippen molar-refractivity contribution in [3.05, 3.63) is 35.4 Å². The van der Waals surface area contributed by atoms with Gasteiger partial charge in [-0.3, -0.25) is 9.59 Å². The van der Waals surface area contributed by atoms with Gasteiger partial charge in [-0.2, -0.15) is 13.2 Å². The predicted octanol–water partition coefficient (Wildman–Crippen LogP) is 3.39. The molecule has 1 aromatic carbocycles. The van der Waals surface area contributed by atoms with Gasteiger partial charge in [-0.05, 0) is 64.7 Å².